The predicted molar refractivity (Wildman–Crippen MR) is 85.4 cm³/mol. The Kier molecular flexibility index (Phi) is 2.65. The fourth-order valence-electron chi connectivity index (χ4n) is 3.84. The molecule has 0 saturated heterocycles. The zero-order chi connectivity index (χ0) is 14.6. The normalized spacial score (nSPS) is 20.1. The van der Waals surface area contributed by atoms with Gasteiger partial charge in [0.1, 0.15) is 5.82 Å². The van der Waals surface area contributed by atoms with Gasteiger partial charge in [0, 0.05) is 17.2 Å². The first kappa shape index (κ1) is 12.6. The Hall–Kier alpha value is -2.15. The van der Waals surface area contributed by atoms with Gasteiger partial charge in [-0.15, -0.1) is 0 Å². The summed E-state index contributed by atoms with van der Waals surface area (Å²) in [5.74, 6) is 0.437. The van der Waals surface area contributed by atoms with E-state index in [0.29, 0.717) is 5.92 Å². The molecule has 0 heterocycles. The average Bonchev–Trinajstić information content (AvgIpc) is 2.53. The van der Waals surface area contributed by atoms with Crippen LogP contribution >= 0.6 is 0 Å². The molecule has 1 aliphatic carbocycles. The molecular weight excluding hydrogens is 259 g/mol. The quantitative estimate of drug-likeness (QED) is 0.501. The summed E-state index contributed by atoms with van der Waals surface area (Å²) in [5.41, 5.74) is 5.12. The summed E-state index contributed by atoms with van der Waals surface area (Å²) in [6, 6.07) is 18.1. The lowest BCUT2D eigenvalue weighted by Crippen LogP contribution is -2.15. The van der Waals surface area contributed by atoms with Crippen molar-refractivity contribution in [3.8, 4) is 0 Å². The SMILES string of the molecule is C[C@H]1c2ccccc2[C@H](C)c2c1cc(F)c1ccccc21. The second kappa shape index (κ2) is 4.42. The van der Waals surface area contributed by atoms with Crippen LogP contribution < -0.4 is 0 Å². The molecule has 0 nitrogen and oxygen atoms in total. The second-order valence-corrected chi connectivity index (χ2v) is 5.98. The topological polar surface area (TPSA) is 0 Å². The molecule has 21 heavy (non-hydrogen) atoms. The van der Waals surface area contributed by atoms with Gasteiger partial charge in [0.15, 0.2) is 0 Å². The second-order valence-electron chi connectivity index (χ2n) is 5.98. The van der Waals surface area contributed by atoms with Crippen molar-refractivity contribution in [3.63, 3.8) is 0 Å². The van der Waals surface area contributed by atoms with Crippen LogP contribution in [0.25, 0.3) is 10.8 Å². The van der Waals surface area contributed by atoms with Gasteiger partial charge in [-0.2, -0.15) is 0 Å². The molecule has 3 aromatic rings. The Morgan fingerprint density at radius 1 is 0.714 bits per heavy atom. The molecule has 0 fully saturated rings. The van der Waals surface area contributed by atoms with Crippen LogP contribution in [0.3, 0.4) is 0 Å². The van der Waals surface area contributed by atoms with Crippen LogP contribution in [0.5, 0.6) is 0 Å². The third-order valence-corrected chi connectivity index (χ3v) is 4.90. The molecule has 0 N–H and O–H groups in total. The van der Waals surface area contributed by atoms with E-state index in [1.165, 1.54) is 16.7 Å². The maximum atomic E-state index is 14.5. The molecule has 0 radical (unpaired) electrons. The number of rotatable bonds is 0. The average molecular weight is 276 g/mol. The molecule has 0 saturated carbocycles. The molecule has 1 heteroatoms. The van der Waals surface area contributed by atoms with Crippen molar-refractivity contribution in [3.05, 3.63) is 82.7 Å². The van der Waals surface area contributed by atoms with Crippen molar-refractivity contribution in [2.24, 2.45) is 0 Å². The van der Waals surface area contributed by atoms with Gasteiger partial charge in [0.05, 0.1) is 0 Å². The van der Waals surface area contributed by atoms with Gasteiger partial charge in [0.25, 0.3) is 0 Å². The lowest BCUT2D eigenvalue weighted by atomic mass is 9.72. The van der Waals surface area contributed by atoms with Crippen LogP contribution in [0.15, 0.2) is 54.6 Å². The summed E-state index contributed by atoms with van der Waals surface area (Å²) in [6.45, 7) is 4.41. The molecular formula is C20H17F. The summed E-state index contributed by atoms with van der Waals surface area (Å²) in [6.07, 6.45) is 0. The van der Waals surface area contributed by atoms with E-state index in [1.807, 2.05) is 18.2 Å². The summed E-state index contributed by atoms with van der Waals surface area (Å²) in [4.78, 5) is 0. The zero-order valence-electron chi connectivity index (χ0n) is 12.2. The summed E-state index contributed by atoms with van der Waals surface area (Å²) >= 11 is 0. The number of fused-ring (bicyclic) bond motifs is 4. The largest absolute Gasteiger partial charge is 0.206 e. The highest BCUT2D eigenvalue weighted by molar-refractivity contribution is 5.89. The number of halogens is 1. The zero-order valence-corrected chi connectivity index (χ0v) is 12.2. The van der Waals surface area contributed by atoms with Crippen molar-refractivity contribution < 1.29 is 4.39 Å². The fraction of sp³-hybridized carbons (Fsp3) is 0.200. The lowest BCUT2D eigenvalue weighted by Gasteiger charge is -2.32. The molecule has 1 aliphatic rings. The Bertz CT molecular complexity index is 848. The molecule has 0 aliphatic heterocycles. The van der Waals surface area contributed by atoms with E-state index < -0.39 is 0 Å². The molecule has 0 unspecified atom stereocenters. The van der Waals surface area contributed by atoms with Gasteiger partial charge >= 0.3 is 0 Å². The van der Waals surface area contributed by atoms with Crippen molar-refractivity contribution in [1.29, 1.82) is 0 Å². The maximum Gasteiger partial charge on any atom is 0.131 e. The van der Waals surface area contributed by atoms with E-state index in [4.69, 9.17) is 0 Å². The van der Waals surface area contributed by atoms with Crippen LogP contribution in [0.1, 0.15) is 47.9 Å². The van der Waals surface area contributed by atoms with E-state index in [-0.39, 0.29) is 11.7 Å². The molecule has 104 valence electrons. The molecule has 0 amide bonds. The Balaban J connectivity index is 2.11. The highest BCUT2D eigenvalue weighted by Crippen LogP contribution is 2.46. The van der Waals surface area contributed by atoms with Crippen molar-refractivity contribution in [1.82, 2.24) is 0 Å². The van der Waals surface area contributed by atoms with Gasteiger partial charge in [-0.3, -0.25) is 0 Å². The minimum Gasteiger partial charge on any atom is -0.206 e. The van der Waals surface area contributed by atoms with E-state index in [0.717, 1.165) is 16.3 Å². The number of hydrogen-bond donors (Lipinski definition) is 0. The summed E-state index contributed by atoms with van der Waals surface area (Å²) < 4.78 is 14.5. The molecule has 0 aromatic heterocycles. The Morgan fingerprint density at radius 2 is 1.29 bits per heavy atom. The minimum absolute atomic E-state index is 0.109. The molecule has 2 atom stereocenters. The smallest absolute Gasteiger partial charge is 0.131 e. The highest BCUT2D eigenvalue weighted by Gasteiger charge is 2.29. The van der Waals surface area contributed by atoms with E-state index in [2.05, 4.69) is 44.2 Å². The lowest BCUT2D eigenvalue weighted by molar-refractivity contribution is 0.632. The monoisotopic (exact) mass is 276 g/mol. The van der Waals surface area contributed by atoms with Gasteiger partial charge in [-0.05, 0) is 33.7 Å². The van der Waals surface area contributed by atoms with Crippen molar-refractivity contribution >= 4 is 10.8 Å². The van der Waals surface area contributed by atoms with Crippen LogP contribution in [-0.4, -0.2) is 0 Å². The third-order valence-electron chi connectivity index (χ3n) is 4.90. The number of hydrogen-bond acceptors (Lipinski definition) is 0. The first-order valence-corrected chi connectivity index (χ1v) is 7.48. The van der Waals surface area contributed by atoms with Gasteiger partial charge in [0.2, 0.25) is 0 Å². The van der Waals surface area contributed by atoms with Crippen LogP contribution in [0, 0.1) is 5.82 Å². The van der Waals surface area contributed by atoms with E-state index in [9.17, 15) is 4.39 Å². The molecule has 3 aromatic carbocycles. The van der Waals surface area contributed by atoms with Gasteiger partial charge < -0.3 is 0 Å². The van der Waals surface area contributed by atoms with Gasteiger partial charge in [-0.1, -0.05) is 62.4 Å². The van der Waals surface area contributed by atoms with Crippen molar-refractivity contribution in [2.45, 2.75) is 25.7 Å². The molecule has 0 spiro atoms. The standard InChI is InChI=1S/C20H17F/c1-12-14-7-3-4-8-15(14)13(2)20-17-10-6-5-9-16(17)19(21)11-18(12)20/h3-13H,1-2H3/t12-,13-/m0/s1. The first-order valence-electron chi connectivity index (χ1n) is 7.48. The first-order chi connectivity index (χ1) is 10.2. The van der Waals surface area contributed by atoms with Crippen molar-refractivity contribution in [2.75, 3.05) is 0 Å². The number of benzene rings is 3. The van der Waals surface area contributed by atoms with Crippen LogP contribution in [0.4, 0.5) is 4.39 Å². The molecule has 4 rings (SSSR count). The van der Waals surface area contributed by atoms with E-state index >= 15 is 0 Å². The van der Waals surface area contributed by atoms with Crippen LogP contribution in [0.2, 0.25) is 0 Å². The highest BCUT2D eigenvalue weighted by atomic mass is 19.1. The Labute approximate surface area is 124 Å². The Morgan fingerprint density at radius 3 is 2.00 bits per heavy atom. The predicted octanol–water partition coefficient (Wildman–Crippen LogP) is 5.60. The van der Waals surface area contributed by atoms with Gasteiger partial charge in [-0.25, -0.2) is 4.39 Å². The molecule has 0 bridgehead atoms. The van der Waals surface area contributed by atoms with E-state index in [1.54, 1.807) is 6.07 Å². The maximum absolute atomic E-state index is 14.5. The summed E-state index contributed by atoms with van der Waals surface area (Å²) in [7, 11) is 0. The summed E-state index contributed by atoms with van der Waals surface area (Å²) in [5, 5.41) is 1.79. The van der Waals surface area contributed by atoms with Crippen LogP contribution in [-0.2, 0) is 0 Å². The third kappa shape index (κ3) is 1.67. The minimum atomic E-state index is -0.109. The fourth-order valence-corrected chi connectivity index (χ4v) is 3.84.